The third-order valence-electron chi connectivity index (χ3n) is 3.57. The number of likely N-dealkylation sites (tertiary alicyclic amines) is 1. The molecule has 1 N–H and O–H groups in total. The predicted octanol–water partition coefficient (Wildman–Crippen LogP) is 1.86. The van der Waals surface area contributed by atoms with Gasteiger partial charge in [-0.25, -0.2) is 4.79 Å². The van der Waals surface area contributed by atoms with E-state index in [1.807, 2.05) is 4.90 Å². The van der Waals surface area contributed by atoms with Gasteiger partial charge in [-0.2, -0.15) is 11.8 Å². The second-order valence-electron chi connectivity index (χ2n) is 4.92. The maximum Gasteiger partial charge on any atom is 0.317 e. The van der Waals surface area contributed by atoms with Crippen LogP contribution in [0.4, 0.5) is 4.79 Å². The highest BCUT2D eigenvalue weighted by Gasteiger charge is 2.29. The van der Waals surface area contributed by atoms with Crippen LogP contribution < -0.4 is 5.32 Å². The number of urea groups is 1. The molecule has 0 aromatic carbocycles. The molecule has 1 heterocycles. The van der Waals surface area contributed by atoms with Crippen molar-refractivity contribution in [2.24, 2.45) is 0 Å². The number of nitrogens with zero attached hydrogens (tertiary/aromatic N) is 2. The number of thioether (sulfide) groups is 1. The van der Waals surface area contributed by atoms with Gasteiger partial charge in [0, 0.05) is 30.9 Å². The van der Waals surface area contributed by atoms with E-state index in [-0.39, 0.29) is 12.1 Å². The quantitative estimate of drug-likeness (QED) is 0.802. The Morgan fingerprint density at radius 2 is 2.17 bits per heavy atom. The first-order valence-corrected chi connectivity index (χ1v) is 8.30. The molecule has 0 aromatic heterocycles. The normalized spacial score (nSPS) is 21.4. The van der Waals surface area contributed by atoms with Crippen molar-refractivity contribution in [3.63, 3.8) is 0 Å². The summed E-state index contributed by atoms with van der Waals surface area (Å²) in [5.74, 6) is 0.971. The van der Waals surface area contributed by atoms with Gasteiger partial charge in [-0.15, -0.1) is 0 Å². The topological polar surface area (TPSA) is 35.6 Å². The van der Waals surface area contributed by atoms with E-state index in [1.165, 1.54) is 0 Å². The minimum Gasteiger partial charge on any atom is -0.335 e. The molecule has 1 fully saturated rings. The molecule has 4 nitrogen and oxygen atoms in total. The fraction of sp³-hybridized carbons (Fsp3) is 0.923. The standard InChI is InChI=1S/C13H27N3OS/c1-5-15(6-2)12-7-8-16(9-12)13(17)14-11(3)10-18-4/h11-12H,5-10H2,1-4H3,(H,14,17)/t11-,12-/m0/s1. The van der Waals surface area contributed by atoms with Crippen molar-refractivity contribution in [3.05, 3.63) is 0 Å². The fourth-order valence-corrected chi connectivity index (χ4v) is 3.14. The molecule has 1 aliphatic heterocycles. The van der Waals surface area contributed by atoms with Crippen molar-refractivity contribution >= 4 is 17.8 Å². The molecule has 1 saturated heterocycles. The van der Waals surface area contributed by atoms with Crippen LogP contribution in [0.15, 0.2) is 0 Å². The molecular weight excluding hydrogens is 246 g/mol. The summed E-state index contributed by atoms with van der Waals surface area (Å²) in [4.78, 5) is 16.5. The lowest BCUT2D eigenvalue weighted by atomic mass is 10.2. The highest BCUT2D eigenvalue weighted by atomic mass is 32.2. The average molecular weight is 273 g/mol. The zero-order chi connectivity index (χ0) is 13.5. The number of hydrogen-bond acceptors (Lipinski definition) is 3. The maximum atomic E-state index is 12.1. The van der Waals surface area contributed by atoms with E-state index in [0.717, 1.165) is 38.4 Å². The molecule has 18 heavy (non-hydrogen) atoms. The highest BCUT2D eigenvalue weighted by molar-refractivity contribution is 7.98. The van der Waals surface area contributed by atoms with Crippen LogP contribution in [-0.4, -0.2) is 66.1 Å². The van der Waals surface area contributed by atoms with Gasteiger partial charge in [0.15, 0.2) is 0 Å². The molecule has 1 aliphatic rings. The molecule has 1 rings (SSSR count). The first-order valence-electron chi connectivity index (χ1n) is 6.90. The zero-order valence-electron chi connectivity index (χ0n) is 12.1. The van der Waals surface area contributed by atoms with E-state index < -0.39 is 0 Å². The molecule has 0 spiro atoms. The molecule has 2 atom stereocenters. The first-order chi connectivity index (χ1) is 8.62. The summed E-state index contributed by atoms with van der Waals surface area (Å²) in [7, 11) is 0. The van der Waals surface area contributed by atoms with Crippen LogP contribution in [0.2, 0.25) is 0 Å². The van der Waals surface area contributed by atoms with Crippen LogP contribution in [0.5, 0.6) is 0 Å². The Morgan fingerprint density at radius 3 is 2.72 bits per heavy atom. The zero-order valence-corrected chi connectivity index (χ0v) is 12.9. The smallest absolute Gasteiger partial charge is 0.317 e. The van der Waals surface area contributed by atoms with Gasteiger partial charge in [0.05, 0.1) is 0 Å². The monoisotopic (exact) mass is 273 g/mol. The number of likely N-dealkylation sites (N-methyl/N-ethyl adjacent to an activating group) is 1. The van der Waals surface area contributed by atoms with Crippen LogP contribution in [0.25, 0.3) is 0 Å². The van der Waals surface area contributed by atoms with Crippen LogP contribution in [0.1, 0.15) is 27.2 Å². The number of carbonyl (C=O) groups is 1. The third-order valence-corrected chi connectivity index (χ3v) is 4.40. The fourth-order valence-electron chi connectivity index (χ4n) is 2.56. The number of rotatable bonds is 6. The lowest BCUT2D eigenvalue weighted by Gasteiger charge is -2.26. The van der Waals surface area contributed by atoms with Gasteiger partial charge in [-0.05, 0) is 32.7 Å². The van der Waals surface area contributed by atoms with Crippen LogP contribution in [-0.2, 0) is 0 Å². The summed E-state index contributed by atoms with van der Waals surface area (Å²) >= 11 is 1.77. The summed E-state index contributed by atoms with van der Waals surface area (Å²) in [5, 5.41) is 3.07. The van der Waals surface area contributed by atoms with Crippen molar-refractivity contribution < 1.29 is 4.79 Å². The molecule has 0 unspecified atom stereocenters. The Kier molecular flexibility index (Phi) is 6.86. The molecule has 5 heteroatoms. The Morgan fingerprint density at radius 1 is 1.50 bits per heavy atom. The van der Waals surface area contributed by atoms with Crippen molar-refractivity contribution in [1.29, 1.82) is 0 Å². The van der Waals surface area contributed by atoms with E-state index in [1.54, 1.807) is 11.8 Å². The minimum absolute atomic E-state index is 0.103. The molecule has 0 saturated carbocycles. The van der Waals surface area contributed by atoms with Crippen molar-refractivity contribution in [2.75, 3.05) is 38.2 Å². The van der Waals surface area contributed by atoms with Crippen molar-refractivity contribution in [3.8, 4) is 0 Å². The van der Waals surface area contributed by atoms with Crippen LogP contribution in [0, 0.1) is 0 Å². The summed E-state index contributed by atoms with van der Waals surface area (Å²) in [6.45, 7) is 10.3. The Balaban J connectivity index is 2.38. The molecule has 2 amide bonds. The number of nitrogens with one attached hydrogen (secondary N) is 1. The highest BCUT2D eigenvalue weighted by Crippen LogP contribution is 2.15. The summed E-state index contributed by atoms with van der Waals surface area (Å²) < 4.78 is 0. The van der Waals surface area contributed by atoms with Gasteiger partial charge in [-0.1, -0.05) is 13.8 Å². The van der Waals surface area contributed by atoms with Crippen molar-refractivity contribution in [1.82, 2.24) is 15.1 Å². The van der Waals surface area contributed by atoms with E-state index in [4.69, 9.17) is 0 Å². The SMILES string of the molecule is CCN(CC)[C@H]1CCN(C(=O)N[C@@H](C)CSC)C1. The Labute approximate surface area is 115 Å². The number of amides is 2. The lowest BCUT2D eigenvalue weighted by Crippen LogP contribution is -2.45. The van der Waals surface area contributed by atoms with Gasteiger partial charge in [0.25, 0.3) is 0 Å². The van der Waals surface area contributed by atoms with Gasteiger partial charge in [0.2, 0.25) is 0 Å². The number of hydrogen-bond donors (Lipinski definition) is 1. The second kappa shape index (κ2) is 7.89. The lowest BCUT2D eigenvalue weighted by molar-refractivity contribution is 0.191. The van der Waals surface area contributed by atoms with Crippen LogP contribution >= 0.6 is 11.8 Å². The summed E-state index contributed by atoms with van der Waals surface area (Å²) in [6, 6.07) is 0.896. The van der Waals surface area contributed by atoms with Gasteiger partial charge in [0.1, 0.15) is 0 Å². The molecule has 0 aromatic rings. The van der Waals surface area contributed by atoms with Gasteiger partial charge in [-0.3, -0.25) is 4.90 Å². The van der Waals surface area contributed by atoms with E-state index >= 15 is 0 Å². The molecule has 0 bridgehead atoms. The van der Waals surface area contributed by atoms with E-state index in [9.17, 15) is 4.79 Å². The first kappa shape index (κ1) is 15.6. The maximum absolute atomic E-state index is 12.1. The van der Waals surface area contributed by atoms with Gasteiger partial charge < -0.3 is 10.2 Å². The van der Waals surface area contributed by atoms with Crippen molar-refractivity contribution in [2.45, 2.75) is 39.3 Å². The largest absolute Gasteiger partial charge is 0.335 e. The summed E-state index contributed by atoms with van der Waals surface area (Å²) in [5.41, 5.74) is 0. The van der Waals surface area contributed by atoms with Gasteiger partial charge >= 0.3 is 6.03 Å². The second-order valence-corrected chi connectivity index (χ2v) is 5.83. The Bertz CT molecular complexity index is 259. The predicted molar refractivity (Wildman–Crippen MR) is 79.3 cm³/mol. The average Bonchev–Trinajstić information content (AvgIpc) is 2.80. The molecule has 0 radical (unpaired) electrons. The van der Waals surface area contributed by atoms with Crippen LogP contribution in [0.3, 0.4) is 0 Å². The molecule has 106 valence electrons. The minimum atomic E-state index is 0.103. The van der Waals surface area contributed by atoms with E-state index in [2.05, 4.69) is 37.2 Å². The molecule has 0 aliphatic carbocycles. The number of carbonyl (C=O) groups excluding carboxylic acids is 1. The summed E-state index contributed by atoms with van der Waals surface area (Å²) in [6.07, 6.45) is 3.17. The third kappa shape index (κ3) is 4.35. The Hall–Kier alpha value is -0.420. The van der Waals surface area contributed by atoms with E-state index in [0.29, 0.717) is 6.04 Å². The molecular formula is C13H27N3OS.